The van der Waals surface area contributed by atoms with Crippen LogP contribution in [0.3, 0.4) is 0 Å². The van der Waals surface area contributed by atoms with Gasteiger partial charge in [-0.3, -0.25) is 0 Å². The number of benzene rings is 1. The lowest BCUT2D eigenvalue weighted by Crippen LogP contribution is -2.10. The van der Waals surface area contributed by atoms with E-state index in [1.54, 1.807) is 6.20 Å². The van der Waals surface area contributed by atoms with E-state index in [2.05, 4.69) is 33.2 Å². The SMILES string of the molecule is CCC(Nc1cc(Br)cnc1Cl)c1cccc(Cl)c1. The van der Waals surface area contributed by atoms with Crippen molar-refractivity contribution in [3.63, 3.8) is 0 Å². The van der Waals surface area contributed by atoms with Crippen LogP contribution in [0.2, 0.25) is 10.2 Å². The maximum atomic E-state index is 6.10. The average Bonchev–Trinajstić information content (AvgIpc) is 2.39. The van der Waals surface area contributed by atoms with Gasteiger partial charge in [-0.15, -0.1) is 0 Å². The van der Waals surface area contributed by atoms with Gasteiger partial charge in [-0.05, 0) is 46.1 Å². The first kappa shape index (κ1) is 14.6. The second kappa shape index (κ2) is 6.60. The summed E-state index contributed by atoms with van der Waals surface area (Å²) < 4.78 is 0.889. The Hall–Kier alpha value is -0.770. The molecular formula is C14H13BrCl2N2. The number of hydrogen-bond donors (Lipinski definition) is 1. The van der Waals surface area contributed by atoms with Crippen LogP contribution >= 0.6 is 39.1 Å². The molecule has 0 fully saturated rings. The number of nitrogens with one attached hydrogen (secondary N) is 1. The van der Waals surface area contributed by atoms with E-state index in [-0.39, 0.29) is 6.04 Å². The van der Waals surface area contributed by atoms with E-state index in [1.165, 1.54) is 0 Å². The molecule has 0 amide bonds. The van der Waals surface area contributed by atoms with Gasteiger partial charge in [0, 0.05) is 15.7 Å². The fraction of sp³-hybridized carbons (Fsp3) is 0.214. The third-order valence-electron chi connectivity index (χ3n) is 2.79. The van der Waals surface area contributed by atoms with Gasteiger partial charge in [0.25, 0.3) is 0 Å². The summed E-state index contributed by atoms with van der Waals surface area (Å²) in [6.07, 6.45) is 2.59. The van der Waals surface area contributed by atoms with Gasteiger partial charge in [0.05, 0.1) is 11.7 Å². The predicted octanol–water partition coefficient (Wildman–Crippen LogP) is 5.71. The Morgan fingerprint density at radius 2 is 2.11 bits per heavy atom. The van der Waals surface area contributed by atoms with Gasteiger partial charge in [0.15, 0.2) is 5.15 Å². The van der Waals surface area contributed by atoms with Gasteiger partial charge < -0.3 is 5.32 Å². The van der Waals surface area contributed by atoms with Crippen molar-refractivity contribution in [2.75, 3.05) is 5.32 Å². The van der Waals surface area contributed by atoms with Gasteiger partial charge in [0.2, 0.25) is 0 Å². The molecule has 1 N–H and O–H groups in total. The van der Waals surface area contributed by atoms with Crippen LogP contribution in [0.1, 0.15) is 24.9 Å². The highest BCUT2D eigenvalue weighted by molar-refractivity contribution is 9.10. The van der Waals surface area contributed by atoms with E-state index in [0.717, 1.165) is 27.2 Å². The molecule has 100 valence electrons. The lowest BCUT2D eigenvalue weighted by molar-refractivity contribution is 0.748. The van der Waals surface area contributed by atoms with Crippen LogP contribution in [0.5, 0.6) is 0 Å². The van der Waals surface area contributed by atoms with Gasteiger partial charge in [0.1, 0.15) is 0 Å². The third-order valence-corrected chi connectivity index (χ3v) is 3.76. The molecule has 5 heteroatoms. The van der Waals surface area contributed by atoms with E-state index in [1.807, 2.05) is 30.3 Å². The molecule has 1 aromatic carbocycles. The number of pyridine rings is 1. The van der Waals surface area contributed by atoms with Crippen molar-refractivity contribution in [1.82, 2.24) is 4.98 Å². The quantitative estimate of drug-likeness (QED) is 0.706. The Morgan fingerprint density at radius 3 is 2.79 bits per heavy atom. The fourth-order valence-electron chi connectivity index (χ4n) is 1.86. The van der Waals surface area contributed by atoms with E-state index in [9.17, 15) is 0 Å². The van der Waals surface area contributed by atoms with Crippen LogP contribution in [0.4, 0.5) is 5.69 Å². The monoisotopic (exact) mass is 358 g/mol. The molecule has 2 aromatic rings. The highest BCUT2D eigenvalue weighted by atomic mass is 79.9. The Kier molecular flexibility index (Phi) is 5.08. The summed E-state index contributed by atoms with van der Waals surface area (Å²) in [6.45, 7) is 2.11. The van der Waals surface area contributed by atoms with Crippen LogP contribution < -0.4 is 5.32 Å². The van der Waals surface area contributed by atoms with Gasteiger partial charge in [-0.1, -0.05) is 42.3 Å². The molecule has 0 spiro atoms. The molecule has 0 radical (unpaired) electrons. The van der Waals surface area contributed by atoms with E-state index in [4.69, 9.17) is 23.2 Å². The largest absolute Gasteiger partial charge is 0.376 e. The topological polar surface area (TPSA) is 24.9 Å². The molecule has 0 aliphatic heterocycles. The summed E-state index contributed by atoms with van der Waals surface area (Å²) in [5.74, 6) is 0. The van der Waals surface area contributed by atoms with Crippen LogP contribution in [0.15, 0.2) is 41.0 Å². The highest BCUT2D eigenvalue weighted by Crippen LogP contribution is 2.29. The minimum atomic E-state index is 0.146. The predicted molar refractivity (Wildman–Crippen MR) is 85.1 cm³/mol. The zero-order valence-electron chi connectivity index (χ0n) is 10.3. The lowest BCUT2D eigenvalue weighted by atomic mass is 10.0. The Balaban J connectivity index is 2.26. The normalized spacial score (nSPS) is 12.2. The summed E-state index contributed by atoms with van der Waals surface area (Å²) in [7, 11) is 0. The maximum Gasteiger partial charge on any atom is 0.152 e. The van der Waals surface area contributed by atoms with Crippen molar-refractivity contribution < 1.29 is 0 Å². The molecule has 1 aromatic heterocycles. The standard InChI is InChI=1S/C14H13BrCl2N2/c1-2-12(9-4-3-5-11(16)6-9)19-13-7-10(15)8-18-14(13)17/h3-8,12,19H,2H2,1H3. The summed E-state index contributed by atoms with van der Waals surface area (Å²) in [6, 6.07) is 9.89. The Bertz CT molecular complexity index is 575. The molecule has 0 bridgehead atoms. The second-order valence-electron chi connectivity index (χ2n) is 4.15. The number of halogens is 3. The number of nitrogens with zero attached hydrogens (tertiary/aromatic N) is 1. The van der Waals surface area contributed by atoms with E-state index < -0.39 is 0 Å². The fourth-order valence-corrected chi connectivity index (χ4v) is 2.54. The van der Waals surface area contributed by atoms with Crippen molar-refractivity contribution in [3.8, 4) is 0 Å². The third kappa shape index (κ3) is 3.85. The summed E-state index contributed by atoms with van der Waals surface area (Å²) in [5, 5.41) is 4.59. The first-order chi connectivity index (χ1) is 9.10. The van der Waals surface area contributed by atoms with Crippen molar-refractivity contribution in [2.45, 2.75) is 19.4 Å². The first-order valence-electron chi connectivity index (χ1n) is 5.93. The molecule has 1 heterocycles. The number of hydrogen-bond acceptors (Lipinski definition) is 2. The molecule has 1 unspecified atom stereocenters. The molecular weight excluding hydrogens is 347 g/mol. The molecule has 1 atom stereocenters. The van der Waals surface area contributed by atoms with Crippen LogP contribution in [-0.2, 0) is 0 Å². The highest BCUT2D eigenvalue weighted by Gasteiger charge is 2.12. The van der Waals surface area contributed by atoms with Crippen LogP contribution in [0.25, 0.3) is 0 Å². The van der Waals surface area contributed by atoms with E-state index >= 15 is 0 Å². The average molecular weight is 360 g/mol. The number of aromatic nitrogens is 1. The van der Waals surface area contributed by atoms with Crippen molar-refractivity contribution >= 4 is 44.8 Å². The second-order valence-corrected chi connectivity index (χ2v) is 5.86. The summed E-state index contributed by atoms with van der Waals surface area (Å²) in [4.78, 5) is 4.11. The van der Waals surface area contributed by atoms with Crippen LogP contribution in [0, 0.1) is 0 Å². The maximum absolute atomic E-state index is 6.10. The zero-order valence-corrected chi connectivity index (χ0v) is 13.4. The molecule has 0 saturated carbocycles. The Morgan fingerprint density at radius 1 is 1.32 bits per heavy atom. The molecule has 19 heavy (non-hydrogen) atoms. The van der Waals surface area contributed by atoms with Crippen molar-refractivity contribution in [2.24, 2.45) is 0 Å². The molecule has 2 rings (SSSR count). The van der Waals surface area contributed by atoms with E-state index in [0.29, 0.717) is 5.15 Å². The Labute approximate surface area is 131 Å². The first-order valence-corrected chi connectivity index (χ1v) is 7.48. The molecule has 0 saturated heterocycles. The minimum Gasteiger partial charge on any atom is -0.376 e. The molecule has 0 aliphatic rings. The zero-order chi connectivity index (χ0) is 13.8. The smallest absolute Gasteiger partial charge is 0.152 e. The van der Waals surface area contributed by atoms with Gasteiger partial charge in [-0.25, -0.2) is 4.98 Å². The van der Waals surface area contributed by atoms with Gasteiger partial charge >= 0.3 is 0 Å². The summed E-state index contributed by atoms with van der Waals surface area (Å²) >= 11 is 15.5. The molecule has 0 aliphatic carbocycles. The minimum absolute atomic E-state index is 0.146. The van der Waals surface area contributed by atoms with Crippen LogP contribution in [-0.4, -0.2) is 4.98 Å². The van der Waals surface area contributed by atoms with Crippen molar-refractivity contribution in [3.05, 3.63) is 56.7 Å². The lowest BCUT2D eigenvalue weighted by Gasteiger charge is -2.19. The molecule has 2 nitrogen and oxygen atoms in total. The number of anilines is 1. The summed E-state index contributed by atoms with van der Waals surface area (Å²) in [5.41, 5.74) is 1.94. The van der Waals surface area contributed by atoms with Crippen molar-refractivity contribution in [1.29, 1.82) is 0 Å². The number of rotatable bonds is 4. The van der Waals surface area contributed by atoms with Gasteiger partial charge in [-0.2, -0.15) is 0 Å².